The quantitative estimate of drug-likeness (QED) is 0.726. The van der Waals surface area contributed by atoms with Gasteiger partial charge in [0.05, 0.1) is 0 Å². The van der Waals surface area contributed by atoms with E-state index in [1.54, 1.807) is 12.4 Å². The highest BCUT2D eigenvalue weighted by atomic mass is 19.1. The predicted octanol–water partition coefficient (Wildman–Crippen LogP) is 2.58. The molecule has 4 heterocycles. The lowest BCUT2D eigenvalue weighted by atomic mass is 9.98. The number of amides is 1. The van der Waals surface area contributed by atoms with Crippen LogP contribution >= 0.6 is 0 Å². The molecular formula is C22H22FN5O. The lowest BCUT2D eigenvalue weighted by Crippen LogP contribution is -2.27. The molecule has 1 N–H and O–H groups in total. The molecule has 5 rings (SSSR count). The number of fused-ring (bicyclic) bond motifs is 3. The molecule has 1 aromatic carbocycles. The van der Waals surface area contributed by atoms with Gasteiger partial charge in [-0.3, -0.25) is 14.7 Å². The maximum Gasteiger partial charge on any atom is 0.287 e. The van der Waals surface area contributed by atoms with Gasteiger partial charge in [0.25, 0.3) is 5.91 Å². The molecule has 148 valence electrons. The van der Waals surface area contributed by atoms with Crippen molar-refractivity contribution >= 4 is 5.91 Å². The smallest absolute Gasteiger partial charge is 0.287 e. The number of pyridine rings is 1. The van der Waals surface area contributed by atoms with E-state index >= 15 is 0 Å². The maximum absolute atomic E-state index is 13.1. The van der Waals surface area contributed by atoms with E-state index in [2.05, 4.69) is 24.8 Å². The number of rotatable bonds is 5. The van der Waals surface area contributed by atoms with Crippen LogP contribution < -0.4 is 5.32 Å². The highest BCUT2D eigenvalue weighted by Crippen LogP contribution is 2.40. The summed E-state index contributed by atoms with van der Waals surface area (Å²) in [5, 5.41) is 2.94. The molecule has 0 bridgehead atoms. The molecular weight excluding hydrogens is 369 g/mol. The number of halogens is 1. The van der Waals surface area contributed by atoms with Gasteiger partial charge in [0.1, 0.15) is 5.82 Å². The summed E-state index contributed by atoms with van der Waals surface area (Å²) in [5.41, 5.74) is 3.22. The Morgan fingerprint density at radius 3 is 2.76 bits per heavy atom. The summed E-state index contributed by atoms with van der Waals surface area (Å²) in [6.45, 7) is 3.98. The number of carbonyl (C=O) groups is 1. The predicted molar refractivity (Wildman–Crippen MR) is 106 cm³/mol. The number of nitrogens with one attached hydrogen (secondary N) is 1. The van der Waals surface area contributed by atoms with Crippen LogP contribution in [0.1, 0.15) is 33.4 Å². The number of imidazole rings is 1. The first kappa shape index (κ1) is 18.0. The third-order valence-corrected chi connectivity index (χ3v) is 5.90. The summed E-state index contributed by atoms with van der Waals surface area (Å²) in [4.78, 5) is 23.5. The lowest BCUT2D eigenvalue weighted by Gasteiger charge is -2.17. The van der Waals surface area contributed by atoms with Gasteiger partial charge in [0, 0.05) is 62.9 Å². The Labute approximate surface area is 168 Å². The molecule has 2 aliphatic rings. The molecule has 29 heavy (non-hydrogen) atoms. The molecule has 2 aliphatic heterocycles. The number of aromatic nitrogens is 3. The molecule has 0 spiro atoms. The van der Waals surface area contributed by atoms with Crippen LogP contribution in [0.3, 0.4) is 0 Å². The third-order valence-electron chi connectivity index (χ3n) is 5.90. The first-order chi connectivity index (χ1) is 14.2. The van der Waals surface area contributed by atoms with Crippen molar-refractivity contribution in [2.75, 3.05) is 13.1 Å². The van der Waals surface area contributed by atoms with Crippen LogP contribution in [0.5, 0.6) is 0 Å². The van der Waals surface area contributed by atoms with Crippen LogP contribution in [-0.4, -0.2) is 38.4 Å². The number of carbonyl (C=O) groups excluding carboxylic acids is 1. The Bertz CT molecular complexity index is 1020. The van der Waals surface area contributed by atoms with Crippen LogP contribution in [0.25, 0.3) is 0 Å². The zero-order valence-corrected chi connectivity index (χ0v) is 16.0. The van der Waals surface area contributed by atoms with Gasteiger partial charge in [0.15, 0.2) is 5.82 Å². The van der Waals surface area contributed by atoms with Crippen LogP contribution in [0.15, 0.2) is 55.0 Å². The van der Waals surface area contributed by atoms with E-state index in [1.165, 1.54) is 12.1 Å². The lowest BCUT2D eigenvalue weighted by molar-refractivity contribution is 0.0935. The van der Waals surface area contributed by atoms with Gasteiger partial charge in [-0.25, -0.2) is 9.37 Å². The number of hydrogen-bond acceptors (Lipinski definition) is 4. The summed E-state index contributed by atoms with van der Waals surface area (Å²) >= 11 is 0. The van der Waals surface area contributed by atoms with Crippen molar-refractivity contribution in [1.29, 1.82) is 0 Å². The second-order valence-electron chi connectivity index (χ2n) is 7.85. The fourth-order valence-electron chi connectivity index (χ4n) is 4.51. The molecule has 0 radical (unpaired) electrons. The summed E-state index contributed by atoms with van der Waals surface area (Å²) in [6, 6.07) is 10.5. The zero-order valence-electron chi connectivity index (χ0n) is 16.0. The van der Waals surface area contributed by atoms with Crippen molar-refractivity contribution in [3.63, 3.8) is 0 Å². The van der Waals surface area contributed by atoms with Crippen molar-refractivity contribution in [1.82, 2.24) is 24.8 Å². The Morgan fingerprint density at radius 2 is 1.97 bits per heavy atom. The van der Waals surface area contributed by atoms with Gasteiger partial charge < -0.3 is 9.88 Å². The molecule has 6 nitrogen and oxygen atoms in total. The SMILES string of the molecule is O=C(NCc1cccnc1)c1ncc2n1C[C@@H]1CN(Cc3ccc(F)cc3)C[C@@H]21. The summed E-state index contributed by atoms with van der Waals surface area (Å²) in [6.07, 6.45) is 5.31. The fraction of sp³-hybridized carbons (Fsp3) is 0.318. The molecule has 2 atom stereocenters. The van der Waals surface area contributed by atoms with Gasteiger partial charge in [-0.05, 0) is 35.2 Å². The van der Waals surface area contributed by atoms with E-state index < -0.39 is 0 Å². The minimum absolute atomic E-state index is 0.150. The van der Waals surface area contributed by atoms with Crippen LogP contribution in [-0.2, 0) is 19.6 Å². The molecule has 1 fully saturated rings. The van der Waals surface area contributed by atoms with Crippen molar-refractivity contribution in [2.24, 2.45) is 5.92 Å². The summed E-state index contributed by atoms with van der Waals surface area (Å²) in [7, 11) is 0. The van der Waals surface area contributed by atoms with Gasteiger partial charge in [0.2, 0.25) is 0 Å². The largest absolute Gasteiger partial charge is 0.345 e. The van der Waals surface area contributed by atoms with Crippen LogP contribution in [0, 0.1) is 11.7 Å². The van der Waals surface area contributed by atoms with E-state index in [9.17, 15) is 9.18 Å². The normalized spacial score (nSPS) is 20.4. The number of hydrogen-bond donors (Lipinski definition) is 1. The molecule has 0 saturated carbocycles. The van der Waals surface area contributed by atoms with Gasteiger partial charge in [-0.15, -0.1) is 0 Å². The topological polar surface area (TPSA) is 63.1 Å². The summed E-state index contributed by atoms with van der Waals surface area (Å²) in [5.74, 6) is 1.01. The molecule has 1 saturated heterocycles. The number of likely N-dealkylation sites (tertiary alicyclic amines) is 1. The minimum atomic E-state index is -0.203. The van der Waals surface area contributed by atoms with Crippen LogP contribution in [0.2, 0.25) is 0 Å². The average molecular weight is 391 g/mol. The number of nitrogens with zero attached hydrogens (tertiary/aromatic N) is 4. The highest BCUT2D eigenvalue weighted by Gasteiger charge is 2.42. The zero-order chi connectivity index (χ0) is 19.8. The average Bonchev–Trinajstić information content (AvgIpc) is 3.40. The highest BCUT2D eigenvalue weighted by molar-refractivity contribution is 5.91. The first-order valence-corrected chi connectivity index (χ1v) is 9.86. The molecule has 0 unspecified atom stereocenters. The standard InChI is InChI=1S/C22H22FN5O/c23-18-5-3-15(4-6-18)11-27-12-17-13-28-20(19(17)14-27)10-25-21(28)22(29)26-9-16-2-1-7-24-8-16/h1-8,10,17,19H,9,11-14H2,(H,26,29)/t17-,19+/m0/s1. The van der Waals surface area contributed by atoms with Crippen molar-refractivity contribution in [2.45, 2.75) is 25.6 Å². The maximum atomic E-state index is 13.1. The molecule has 3 aromatic rings. The summed E-state index contributed by atoms with van der Waals surface area (Å²) < 4.78 is 15.2. The van der Waals surface area contributed by atoms with Gasteiger partial charge in [-0.1, -0.05) is 18.2 Å². The molecule has 7 heteroatoms. The second kappa shape index (κ2) is 7.40. The van der Waals surface area contributed by atoms with Crippen molar-refractivity contribution in [3.05, 3.63) is 83.5 Å². The second-order valence-corrected chi connectivity index (χ2v) is 7.85. The molecule has 2 aromatic heterocycles. The van der Waals surface area contributed by atoms with E-state index in [0.29, 0.717) is 24.2 Å². The minimum Gasteiger partial charge on any atom is -0.345 e. The van der Waals surface area contributed by atoms with Gasteiger partial charge in [-0.2, -0.15) is 0 Å². The Kier molecular flexibility index (Phi) is 4.60. The van der Waals surface area contributed by atoms with E-state index in [0.717, 1.165) is 43.0 Å². The van der Waals surface area contributed by atoms with Crippen LogP contribution in [0.4, 0.5) is 4.39 Å². The van der Waals surface area contributed by atoms with Crippen molar-refractivity contribution in [3.8, 4) is 0 Å². The third kappa shape index (κ3) is 3.53. The monoisotopic (exact) mass is 391 g/mol. The first-order valence-electron chi connectivity index (χ1n) is 9.86. The Hall–Kier alpha value is -3.06. The Morgan fingerprint density at radius 1 is 1.10 bits per heavy atom. The molecule has 0 aliphatic carbocycles. The fourth-order valence-corrected chi connectivity index (χ4v) is 4.51. The van der Waals surface area contributed by atoms with E-state index in [-0.39, 0.29) is 11.7 Å². The Balaban J connectivity index is 1.24. The van der Waals surface area contributed by atoms with E-state index in [1.807, 2.05) is 30.5 Å². The van der Waals surface area contributed by atoms with Crippen molar-refractivity contribution < 1.29 is 9.18 Å². The van der Waals surface area contributed by atoms with Gasteiger partial charge >= 0.3 is 0 Å². The molecule has 1 amide bonds. The number of benzene rings is 1. The van der Waals surface area contributed by atoms with E-state index in [4.69, 9.17) is 0 Å².